The van der Waals surface area contributed by atoms with E-state index in [4.69, 9.17) is 5.26 Å². The number of benzene rings is 2. The summed E-state index contributed by atoms with van der Waals surface area (Å²) in [7, 11) is 0. The van der Waals surface area contributed by atoms with Crippen LogP contribution >= 0.6 is 11.8 Å². The fourth-order valence-corrected chi connectivity index (χ4v) is 4.13. The van der Waals surface area contributed by atoms with E-state index in [9.17, 15) is 9.18 Å². The number of aromatic nitrogens is 2. The molecule has 28 heavy (non-hydrogen) atoms. The van der Waals surface area contributed by atoms with E-state index >= 15 is 0 Å². The Balaban J connectivity index is 1.75. The van der Waals surface area contributed by atoms with Gasteiger partial charge < -0.3 is 0 Å². The Morgan fingerprint density at radius 3 is 2.86 bits per heavy atom. The summed E-state index contributed by atoms with van der Waals surface area (Å²) in [4.78, 5) is 13.7. The Morgan fingerprint density at radius 1 is 1.25 bits per heavy atom. The van der Waals surface area contributed by atoms with Crippen molar-refractivity contribution < 1.29 is 9.18 Å². The lowest BCUT2D eigenvalue weighted by molar-refractivity contribution is 0.103. The van der Waals surface area contributed by atoms with E-state index in [1.54, 1.807) is 10.7 Å². The molecule has 0 atom stereocenters. The lowest BCUT2D eigenvalue weighted by Crippen LogP contribution is -2.12. The van der Waals surface area contributed by atoms with Crippen LogP contribution in [0.15, 0.2) is 65.2 Å². The molecule has 0 fully saturated rings. The maximum absolute atomic E-state index is 13.6. The van der Waals surface area contributed by atoms with Gasteiger partial charge in [0.05, 0.1) is 24.7 Å². The molecule has 1 aliphatic heterocycles. The van der Waals surface area contributed by atoms with Crippen LogP contribution in [0, 0.1) is 17.1 Å². The average molecular weight is 389 g/mol. The van der Waals surface area contributed by atoms with Crippen molar-refractivity contribution in [2.45, 2.75) is 17.9 Å². The zero-order chi connectivity index (χ0) is 19.5. The van der Waals surface area contributed by atoms with Crippen LogP contribution in [0.5, 0.6) is 0 Å². The highest BCUT2D eigenvalue weighted by atomic mass is 32.2. The normalized spacial score (nSPS) is 14.7. The number of aryl methyl sites for hydroxylation is 1. The number of thioether (sulfide) groups is 1. The van der Waals surface area contributed by atoms with Gasteiger partial charge in [0.15, 0.2) is 5.78 Å². The monoisotopic (exact) mass is 389 g/mol. The summed E-state index contributed by atoms with van der Waals surface area (Å²) in [5, 5.41) is 13.5. The number of rotatable bonds is 4. The molecular weight excluding hydrogens is 373 g/mol. The van der Waals surface area contributed by atoms with Gasteiger partial charge in [0, 0.05) is 39.1 Å². The third kappa shape index (κ3) is 3.62. The molecule has 1 aliphatic rings. The predicted molar refractivity (Wildman–Crippen MR) is 107 cm³/mol. The third-order valence-electron chi connectivity index (χ3n) is 4.48. The molecule has 2 aromatic carbocycles. The second-order valence-corrected chi connectivity index (χ2v) is 7.42. The summed E-state index contributed by atoms with van der Waals surface area (Å²) >= 11 is 1.52. The van der Waals surface area contributed by atoms with Gasteiger partial charge in [-0.3, -0.25) is 9.48 Å². The number of nitriles is 1. The molecule has 0 N–H and O–H groups in total. The fraction of sp³-hybridized carbons (Fsp3) is 0.136. The van der Waals surface area contributed by atoms with Crippen LogP contribution in [-0.2, 0) is 6.54 Å². The molecule has 0 aliphatic carbocycles. The van der Waals surface area contributed by atoms with Gasteiger partial charge in [-0.15, -0.1) is 11.8 Å². The second kappa shape index (κ2) is 7.83. The van der Waals surface area contributed by atoms with Crippen molar-refractivity contribution in [3.8, 4) is 17.3 Å². The van der Waals surface area contributed by atoms with Crippen LogP contribution in [0.2, 0.25) is 0 Å². The molecule has 0 bridgehead atoms. The molecule has 0 radical (unpaired) electrons. The number of halogens is 1. The van der Waals surface area contributed by atoms with Crippen LogP contribution in [0.4, 0.5) is 4.39 Å². The first-order valence-corrected chi connectivity index (χ1v) is 9.81. The minimum absolute atomic E-state index is 0.156. The van der Waals surface area contributed by atoms with Crippen molar-refractivity contribution in [3.63, 3.8) is 0 Å². The average Bonchev–Trinajstić information content (AvgIpc) is 3.12. The topological polar surface area (TPSA) is 58.7 Å². The summed E-state index contributed by atoms with van der Waals surface area (Å²) < 4.78 is 15.3. The van der Waals surface area contributed by atoms with E-state index in [2.05, 4.69) is 11.2 Å². The maximum Gasteiger partial charge on any atom is 0.191 e. The molecule has 0 unspecified atom stereocenters. The molecule has 3 aromatic rings. The zero-order valence-corrected chi connectivity index (χ0v) is 15.7. The summed E-state index contributed by atoms with van der Waals surface area (Å²) in [6.07, 6.45) is 4.04. The molecular formula is C22H16FN3OS. The molecule has 0 saturated heterocycles. The van der Waals surface area contributed by atoms with Crippen molar-refractivity contribution in [2.75, 3.05) is 5.75 Å². The van der Waals surface area contributed by atoms with Crippen LogP contribution < -0.4 is 0 Å². The van der Waals surface area contributed by atoms with Gasteiger partial charge >= 0.3 is 0 Å². The molecule has 0 spiro atoms. The Kier molecular flexibility index (Phi) is 5.09. The first-order valence-electron chi connectivity index (χ1n) is 8.83. The second-order valence-electron chi connectivity index (χ2n) is 6.40. The highest BCUT2D eigenvalue weighted by Crippen LogP contribution is 2.35. The molecule has 0 saturated carbocycles. The zero-order valence-electron chi connectivity index (χ0n) is 14.9. The fourth-order valence-electron chi connectivity index (χ4n) is 3.14. The third-order valence-corrected chi connectivity index (χ3v) is 5.60. The Hall–Kier alpha value is -3.17. The van der Waals surface area contributed by atoms with Crippen molar-refractivity contribution in [1.82, 2.24) is 9.78 Å². The molecule has 6 heteroatoms. The van der Waals surface area contributed by atoms with E-state index < -0.39 is 5.82 Å². The summed E-state index contributed by atoms with van der Waals surface area (Å²) in [6, 6.07) is 16.2. The van der Waals surface area contributed by atoms with Gasteiger partial charge in [-0.05, 0) is 24.3 Å². The molecule has 1 aromatic heterocycles. The van der Waals surface area contributed by atoms with Gasteiger partial charge in [-0.1, -0.05) is 30.3 Å². The van der Waals surface area contributed by atoms with Crippen molar-refractivity contribution in [3.05, 3.63) is 77.2 Å². The van der Waals surface area contributed by atoms with Crippen molar-refractivity contribution in [1.29, 1.82) is 5.26 Å². The van der Waals surface area contributed by atoms with Gasteiger partial charge in [0.1, 0.15) is 5.82 Å². The number of nitrogens with zero attached hydrogens (tertiary/aromatic N) is 3. The Labute approximate surface area is 166 Å². The van der Waals surface area contributed by atoms with Crippen molar-refractivity contribution in [2.24, 2.45) is 0 Å². The largest absolute Gasteiger partial charge is 0.289 e. The molecule has 4 nitrogen and oxygen atoms in total. The number of carbonyl (C=O) groups is 1. The van der Waals surface area contributed by atoms with E-state index in [0.717, 1.165) is 21.7 Å². The maximum atomic E-state index is 13.6. The summed E-state index contributed by atoms with van der Waals surface area (Å²) in [5.74, 6) is -0.0463. The number of hydrogen-bond donors (Lipinski definition) is 0. The van der Waals surface area contributed by atoms with Crippen LogP contribution in [-0.4, -0.2) is 21.3 Å². The van der Waals surface area contributed by atoms with Crippen molar-refractivity contribution >= 4 is 23.6 Å². The van der Waals surface area contributed by atoms with E-state index in [1.807, 2.05) is 42.6 Å². The van der Waals surface area contributed by atoms with E-state index in [-0.39, 0.29) is 5.78 Å². The van der Waals surface area contributed by atoms with Crippen LogP contribution in [0.1, 0.15) is 22.3 Å². The first-order chi connectivity index (χ1) is 13.7. The lowest BCUT2D eigenvalue weighted by Gasteiger charge is -2.16. The highest BCUT2D eigenvalue weighted by molar-refractivity contribution is 7.99. The molecule has 4 rings (SSSR count). The summed E-state index contributed by atoms with van der Waals surface area (Å²) in [5.41, 5.74) is 3.52. The summed E-state index contributed by atoms with van der Waals surface area (Å²) in [6.45, 7) is 0.482. The Bertz CT molecular complexity index is 1110. The highest BCUT2D eigenvalue weighted by Gasteiger charge is 2.24. The quantitative estimate of drug-likeness (QED) is 0.591. The minimum Gasteiger partial charge on any atom is -0.289 e. The Morgan fingerprint density at radius 2 is 2.07 bits per heavy atom. The molecule has 138 valence electrons. The number of hydrogen-bond acceptors (Lipinski definition) is 4. The molecule has 0 amide bonds. The van der Waals surface area contributed by atoms with Crippen LogP contribution in [0.25, 0.3) is 17.3 Å². The SMILES string of the molecule is N#CCCn1cc(/C=C2/CSc3ccc(F)cc3C2=O)c(-c2ccccc2)n1. The molecule has 2 heterocycles. The number of carbonyl (C=O) groups excluding carboxylic acids is 1. The standard InChI is InChI=1S/C22H16FN3OS/c23-18-7-8-20-19(12-18)22(27)17(14-28-20)11-16-13-26(10-4-9-24)25-21(16)15-5-2-1-3-6-15/h1-3,5-8,11-13H,4,10,14H2/b17-11-. The number of fused-ring (bicyclic) bond motifs is 1. The minimum atomic E-state index is -0.414. The van der Waals surface area contributed by atoms with Gasteiger partial charge in [-0.25, -0.2) is 4.39 Å². The van der Waals surface area contributed by atoms with Gasteiger partial charge in [0.25, 0.3) is 0 Å². The smallest absolute Gasteiger partial charge is 0.191 e. The van der Waals surface area contributed by atoms with Crippen LogP contribution in [0.3, 0.4) is 0 Å². The van der Waals surface area contributed by atoms with Gasteiger partial charge in [0.2, 0.25) is 0 Å². The first kappa shape index (κ1) is 18.2. The van der Waals surface area contributed by atoms with Gasteiger partial charge in [-0.2, -0.15) is 10.4 Å². The number of ketones is 1. The van der Waals surface area contributed by atoms with E-state index in [1.165, 1.54) is 23.9 Å². The number of Topliss-reactive ketones (excluding diaryl/α,β-unsaturated/α-hetero) is 1. The predicted octanol–water partition coefficient (Wildman–Crippen LogP) is 4.97. The van der Waals surface area contributed by atoms with E-state index in [0.29, 0.717) is 29.9 Å². The lowest BCUT2D eigenvalue weighted by atomic mass is 10.0.